The predicted octanol–water partition coefficient (Wildman–Crippen LogP) is 3.66. The van der Waals surface area contributed by atoms with Gasteiger partial charge in [0.15, 0.2) is 0 Å². The molecule has 0 bridgehead atoms. The van der Waals surface area contributed by atoms with E-state index in [1.165, 1.54) is 0 Å². The molecule has 0 saturated carbocycles. The summed E-state index contributed by atoms with van der Waals surface area (Å²) in [6, 6.07) is 10.2. The molecule has 0 radical (unpaired) electrons. The van der Waals surface area contributed by atoms with Gasteiger partial charge in [-0.25, -0.2) is 9.59 Å². The standard InChI is InChI=1S/C19H10O5/c1-8-4-2-5-9-12(8)17-14-13-10(18(21)24-17)6-3-7-11(13)23-19(22)15(14)16(9)20/h2-7,20H,1H3. The molecule has 5 aromatic rings. The Morgan fingerprint density at radius 3 is 2.38 bits per heavy atom. The normalized spacial score (nSPS) is 12.0. The van der Waals surface area contributed by atoms with Gasteiger partial charge in [0.2, 0.25) is 0 Å². The fraction of sp³-hybridized carbons (Fsp3) is 0.0526. The number of hydrogen-bond acceptors (Lipinski definition) is 5. The van der Waals surface area contributed by atoms with Gasteiger partial charge in [-0.15, -0.1) is 0 Å². The van der Waals surface area contributed by atoms with Crippen molar-refractivity contribution in [3.63, 3.8) is 0 Å². The quantitative estimate of drug-likeness (QED) is 0.268. The van der Waals surface area contributed by atoms with Crippen molar-refractivity contribution in [2.75, 3.05) is 0 Å². The lowest BCUT2D eigenvalue weighted by molar-refractivity contribution is 0.483. The Hall–Kier alpha value is -3.34. The average molecular weight is 318 g/mol. The Morgan fingerprint density at radius 2 is 1.54 bits per heavy atom. The zero-order chi connectivity index (χ0) is 16.6. The smallest absolute Gasteiger partial charge is 0.348 e. The number of phenolic OH excluding ortho intramolecular Hbond substituents is 1. The van der Waals surface area contributed by atoms with E-state index in [2.05, 4.69) is 0 Å². The third kappa shape index (κ3) is 1.39. The minimum Gasteiger partial charge on any atom is -0.506 e. The molecule has 2 heterocycles. The topological polar surface area (TPSA) is 80.6 Å². The summed E-state index contributed by atoms with van der Waals surface area (Å²) in [5, 5.41) is 13.0. The van der Waals surface area contributed by atoms with Crippen LogP contribution in [0.15, 0.2) is 54.8 Å². The lowest BCUT2D eigenvalue weighted by Gasteiger charge is -2.13. The van der Waals surface area contributed by atoms with Crippen LogP contribution in [0.2, 0.25) is 0 Å². The van der Waals surface area contributed by atoms with Gasteiger partial charge in [-0.2, -0.15) is 0 Å². The molecule has 0 spiro atoms. The van der Waals surface area contributed by atoms with Crippen molar-refractivity contribution in [1.29, 1.82) is 0 Å². The van der Waals surface area contributed by atoms with Crippen LogP contribution in [-0.2, 0) is 0 Å². The molecule has 3 aromatic carbocycles. The maximum Gasteiger partial charge on any atom is 0.348 e. The van der Waals surface area contributed by atoms with E-state index in [0.717, 1.165) is 5.56 Å². The van der Waals surface area contributed by atoms with Crippen molar-refractivity contribution in [3.05, 3.63) is 62.8 Å². The highest BCUT2D eigenvalue weighted by Gasteiger charge is 2.23. The number of phenols is 1. The molecular formula is C19H10O5. The average Bonchev–Trinajstić information content (AvgIpc) is 2.56. The Kier molecular flexibility index (Phi) is 2.27. The molecular weight excluding hydrogens is 308 g/mol. The zero-order valence-electron chi connectivity index (χ0n) is 12.5. The SMILES string of the molecule is Cc1cccc2c(O)c3c(=O)oc4cccc5c(=O)oc(c12)c3c45. The maximum absolute atomic E-state index is 12.4. The molecule has 5 heteroatoms. The van der Waals surface area contributed by atoms with Gasteiger partial charge in [-0.3, -0.25) is 0 Å². The summed E-state index contributed by atoms with van der Waals surface area (Å²) in [5.74, 6) is -0.157. The van der Waals surface area contributed by atoms with Crippen molar-refractivity contribution in [2.45, 2.75) is 6.92 Å². The summed E-state index contributed by atoms with van der Waals surface area (Å²) in [4.78, 5) is 24.9. The molecule has 5 rings (SSSR count). The van der Waals surface area contributed by atoms with Crippen molar-refractivity contribution >= 4 is 43.5 Å². The molecule has 0 atom stereocenters. The molecule has 1 N–H and O–H groups in total. The fourth-order valence-electron chi connectivity index (χ4n) is 3.54. The van der Waals surface area contributed by atoms with Crippen LogP contribution < -0.4 is 11.3 Å². The van der Waals surface area contributed by atoms with Crippen LogP contribution in [0.25, 0.3) is 43.5 Å². The van der Waals surface area contributed by atoms with Gasteiger partial charge in [0.25, 0.3) is 0 Å². The van der Waals surface area contributed by atoms with E-state index < -0.39 is 11.3 Å². The fourth-order valence-corrected chi connectivity index (χ4v) is 3.54. The summed E-state index contributed by atoms with van der Waals surface area (Å²) < 4.78 is 10.9. The first-order valence-electron chi connectivity index (χ1n) is 7.44. The van der Waals surface area contributed by atoms with Gasteiger partial charge < -0.3 is 13.9 Å². The van der Waals surface area contributed by atoms with Gasteiger partial charge >= 0.3 is 11.3 Å². The number of fused-ring (bicyclic) bond motifs is 2. The monoisotopic (exact) mass is 318 g/mol. The second kappa shape index (κ2) is 4.14. The largest absolute Gasteiger partial charge is 0.506 e. The van der Waals surface area contributed by atoms with Crippen molar-refractivity contribution in [1.82, 2.24) is 0 Å². The van der Waals surface area contributed by atoms with Crippen LogP contribution in [0.3, 0.4) is 0 Å². The highest BCUT2D eigenvalue weighted by molar-refractivity contribution is 6.27. The van der Waals surface area contributed by atoms with E-state index in [-0.39, 0.29) is 11.1 Å². The van der Waals surface area contributed by atoms with Crippen LogP contribution in [0.1, 0.15) is 5.56 Å². The maximum atomic E-state index is 12.4. The number of hydrogen-bond donors (Lipinski definition) is 1. The first-order valence-corrected chi connectivity index (χ1v) is 7.44. The van der Waals surface area contributed by atoms with E-state index in [1.807, 2.05) is 13.0 Å². The number of aromatic hydroxyl groups is 1. The highest BCUT2D eigenvalue weighted by Crippen LogP contribution is 2.41. The lowest BCUT2D eigenvalue weighted by atomic mass is 9.96. The Balaban J connectivity index is 2.35. The minimum absolute atomic E-state index is 0.0375. The summed E-state index contributed by atoms with van der Waals surface area (Å²) >= 11 is 0. The summed E-state index contributed by atoms with van der Waals surface area (Å²) in [5.41, 5.74) is 0.286. The predicted molar refractivity (Wildman–Crippen MR) is 91.1 cm³/mol. The molecule has 2 aromatic heterocycles. The first-order chi connectivity index (χ1) is 11.6. The van der Waals surface area contributed by atoms with E-state index in [4.69, 9.17) is 8.83 Å². The molecule has 0 unspecified atom stereocenters. The Morgan fingerprint density at radius 1 is 0.792 bits per heavy atom. The molecule has 0 fully saturated rings. The van der Waals surface area contributed by atoms with Gasteiger partial charge in [0.1, 0.15) is 22.3 Å². The van der Waals surface area contributed by atoms with Crippen LogP contribution in [0.4, 0.5) is 0 Å². The minimum atomic E-state index is -0.658. The zero-order valence-corrected chi connectivity index (χ0v) is 12.5. The molecule has 24 heavy (non-hydrogen) atoms. The molecule has 116 valence electrons. The third-order valence-corrected chi connectivity index (χ3v) is 4.57. The lowest BCUT2D eigenvalue weighted by Crippen LogP contribution is -2.07. The molecule has 0 aliphatic heterocycles. The molecule has 0 aliphatic rings. The third-order valence-electron chi connectivity index (χ3n) is 4.57. The summed E-state index contributed by atoms with van der Waals surface area (Å²) in [6.45, 7) is 1.86. The van der Waals surface area contributed by atoms with E-state index >= 15 is 0 Å². The first kappa shape index (κ1) is 13.1. The molecule has 5 nitrogen and oxygen atoms in total. The Labute approximate surface area is 133 Å². The van der Waals surface area contributed by atoms with Gasteiger partial charge in [0.05, 0.1) is 5.39 Å². The van der Waals surface area contributed by atoms with Crippen molar-refractivity contribution in [2.24, 2.45) is 0 Å². The van der Waals surface area contributed by atoms with E-state index in [1.54, 1.807) is 30.3 Å². The van der Waals surface area contributed by atoms with Crippen LogP contribution in [0.5, 0.6) is 5.75 Å². The van der Waals surface area contributed by atoms with Crippen LogP contribution >= 0.6 is 0 Å². The van der Waals surface area contributed by atoms with Crippen LogP contribution in [-0.4, -0.2) is 5.11 Å². The second-order valence-electron chi connectivity index (χ2n) is 5.88. The second-order valence-corrected chi connectivity index (χ2v) is 5.88. The molecule has 0 saturated heterocycles. The van der Waals surface area contributed by atoms with Gasteiger partial charge in [0, 0.05) is 21.5 Å². The van der Waals surface area contributed by atoms with Crippen LogP contribution in [0, 0.1) is 6.92 Å². The van der Waals surface area contributed by atoms with E-state index in [0.29, 0.717) is 38.1 Å². The van der Waals surface area contributed by atoms with Gasteiger partial charge in [-0.1, -0.05) is 24.3 Å². The van der Waals surface area contributed by atoms with E-state index in [9.17, 15) is 14.7 Å². The van der Waals surface area contributed by atoms with Gasteiger partial charge in [-0.05, 0) is 24.6 Å². The Bertz CT molecular complexity index is 1410. The summed E-state index contributed by atoms with van der Waals surface area (Å²) in [7, 11) is 0. The number of benzene rings is 3. The van der Waals surface area contributed by atoms with Crippen molar-refractivity contribution in [3.8, 4) is 5.75 Å². The molecule has 0 aliphatic carbocycles. The van der Waals surface area contributed by atoms with Crippen molar-refractivity contribution < 1.29 is 13.9 Å². The molecule has 0 amide bonds. The highest BCUT2D eigenvalue weighted by atomic mass is 16.4. The number of aryl methyl sites for hydroxylation is 1. The number of rotatable bonds is 0. The summed E-state index contributed by atoms with van der Waals surface area (Å²) in [6.07, 6.45) is 0.